The van der Waals surface area contributed by atoms with Crippen LogP contribution in [0.5, 0.6) is 0 Å². The highest BCUT2D eigenvalue weighted by Gasteiger charge is 1.88. The highest BCUT2D eigenvalue weighted by molar-refractivity contribution is 6.30. The summed E-state index contributed by atoms with van der Waals surface area (Å²) in [5.74, 6) is 0. The summed E-state index contributed by atoms with van der Waals surface area (Å²) in [7, 11) is 0. The molecule has 2 nitrogen and oxygen atoms in total. The van der Waals surface area contributed by atoms with Crippen LogP contribution in [0.3, 0.4) is 0 Å². The number of rotatable bonds is 1. The van der Waals surface area contributed by atoms with Crippen LogP contribution in [0.25, 0.3) is 6.08 Å². The molecule has 0 aromatic carbocycles. The van der Waals surface area contributed by atoms with Crippen LogP contribution in [0.1, 0.15) is 5.56 Å². The van der Waals surface area contributed by atoms with Gasteiger partial charge in [-0.25, -0.2) is 0 Å². The Hall–Kier alpha value is -1.33. The van der Waals surface area contributed by atoms with E-state index < -0.39 is 0 Å². The van der Waals surface area contributed by atoms with Crippen LogP contribution in [-0.2, 0) is 0 Å². The Balaban J connectivity index is 2.90. The SMILES string of the molecule is N#CC=Cc1cncc(Cl)c1. The normalized spacial score (nSPS) is 9.82. The smallest absolute Gasteiger partial charge is 0.0912 e. The number of hydrogen-bond donors (Lipinski definition) is 0. The molecule has 3 heteroatoms. The Morgan fingerprint density at radius 2 is 2.36 bits per heavy atom. The molecule has 0 amide bonds. The number of nitrogens with zero attached hydrogens (tertiary/aromatic N) is 2. The first-order valence-corrected chi connectivity index (χ1v) is 3.37. The van der Waals surface area contributed by atoms with Crippen molar-refractivity contribution in [3.05, 3.63) is 35.1 Å². The fourth-order valence-corrected chi connectivity index (χ4v) is 0.835. The van der Waals surface area contributed by atoms with Gasteiger partial charge in [0.2, 0.25) is 0 Å². The topological polar surface area (TPSA) is 36.7 Å². The van der Waals surface area contributed by atoms with E-state index in [9.17, 15) is 0 Å². The van der Waals surface area contributed by atoms with Crippen LogP contribution in [0.2, 0.25) is 5.02 Å². The van der Waals surface area contributed by atoms with Crippen molar-refractivity contribution in [2.24, 2.45) is 0 Å². The average molecular weight is 165 g/mol. The summed E-state index contributed by atoms with van der Waals surface area (Å²) >= 11 is 5.64. The highest BCUT2D eigenvalue weighted by atomic mass is 35.5. The van der Waals surface area contributed by atoms with E-state index in [1.54, 1.807) is 24.5 Å². The molecule has 0 spiro atoms. The van der Waals surface area contributed by atoms with Crippen LogP contribution in [0.4, 0.5) is 0 Å². The Kier molecular flexibility index (Phi) is 2.65. The minimum atomic E-state index is 0.574. The second-order valence-electron chi connectivity index (χ2n) is 1.90. The molecule has 0 aliphatic carbocycles. The standard InChI is InChI=1S/C8H5ClN2/c9-8-4-7(2-1-3-10)5-11-6-8/h1-2,4-6H. The zero-order chi connectivity index (χ0) is 8.10. The maximum Gasteiger partial charge on any atom is 0.0912 e. The Morgan fingerprint density at radius 3 is 3.00 bits per heavy atom. The summed E-state index contributed by atoms with van der Waals surface area (Å²) in [6.07, 6.45) is 6.22. The molecule has 0 aliphatic rings. The second-order valence-corrected chi connectivity index (χ2v) is 2.34. The maximum atomic E-state index is 8.21. The molecule has 0 N–H and O–H groups in total. The van der Waals surface area contributed by atoms with Crippen molar-refractivity contribution in [1.29, 1.82) is 5.26 Å². The van der Waals surface area contributed by atoms with Crippen molar-refractivity contribution in [2.45, 2.75) is 0 Å². The van der Waals surface area contributed by atoms with Gasteiger partial charge in [0.05, 0.1) is 11.1 Å². The van der Waals surface area contributed by atoms with Gasteiger partial charge in [-0.1, -0.05) is 11.6 Å². The third kappa shape index (κ3) is 2.40. The molecule has 1 aromatic heterocycles. The lowest BCUT2D eigenvalue weighted by Gasteiger charge is -1.90. The van der Waals surface area contributed by atoms with Crippen LogP contribution in [0.15, 0.2) is 24.5 Å². The Bertz CT molecular complexity index is 312. The van der Waals surface area contributed by atoms with Gasteiger partial charge in [-0.3, -0.25) is 4.98 Å². The van der Waals surface area contributed by atoms with E-state index in [0.717, 1.165) is 5.56 Å². The van der Waals surface area contributed by atoms with Crippen molar-refractivity contribution in [2.75, 3.05) is 0 Å². The summed E-state index contributed by atoms with van der Waals surface area (Å²) in [4.78, 5) is 3.84. The van der Waals surface area contributed by atoms with E-state index in [1.807, 2.05) is 6.07 Å². The van der Waals surface area contributed by atoms with Gasteiger partial charge in [-0.15, -0.1) is 0 Å². The van der Waals surface area contributed by atoms with Crippen molar-refractivity contribution in [1.82, 2.24) is 4.98 Å². The fraction of sp³-hybridized carbons (Fsp3) is 0. The fourth-order valence-electron chi connectivity index (χ4n) is 0.653. The molecule has 1 heterocycles. The molecule has 1 aromatic rings. The Labute approximate surface area is 69.8 Å². The van der Waals surface area contributed by atoms with Gasteiger partial charge in [0, 0.05) is 18.5 Å². The number of aromatic nitrogens is 1. The molecule has 0 saturated carbocycles. The lowest BCUT2D eigenvalue weighted by atomic mass is 10.3. The Morgan fingerprint density at radius 1 is 1.55 bits per heavy atom. The molecule has 0 atom stereocenters. The first-order valence-electron chi connectivity index (χ1n) is 2.99. The number of halogens is 1. The van der Waals surface area contributed by atoms with Crippen molar-refractivity contribution >= 4 is 17.7 Å². The average Bonchev–Trinajstić information content (AvgIpc) is 2.01. The third-order valence-electron chi connectivity index (χ3n) is 1.08. The molecule has 0 fully saturated rings. The van der Waals surface area contributed by atoms with Crippen LogP contribution < -0.4 is 0 Å². The van der Waals surface area contributed by atoms with E-state index in [2.05, 4.69) is 4.98 Å². The van der Waals surface area contributed by atoms with Gasteiger partial charge in [-0.05, 0) is 17.7 Å². The quantitative estimate of drug-likeness (QED) is 0.597. The number of allylic oxidation sites excluding steroid dienone is 1. The summed E-state index contributed by atoms with van der Waals surface area (Å²) in [6.45, 7) is 0. The molecule has 0 radical (unpaired) electrons. The molecule has 0 saturated heterocycles. The third-order valence-corrected chi connectivity index (χ3v) is 1.28. The predicted molar refractivity (Wildman–Crippen MR) is 43.9 cm³/mol. The van der Waals surface area contributed by atoms with Gasteiger partial charge in [0.1, 0.15) is 0 Å². The van der Waals surface area contributed by atoms with E-state index in [4.69, 9.17) is 16.9 Å². The summed E-state index contributed by atoms with van der Waals surface area (Å²) in [5, 5.41) is 8.78. The van der Waals surface area contributed by atoms with E-state index >= 15 is 0 Å². The van der Waals surface area contributed by atoms with Crippen LogP contribution in [-0.4, -0.2) is 4.98 Å². The van der Waals surface area contributed by atoms with Gasteiger partial charge < -0.3 is 0 Å². The number of pyridine rings is 1. The summed E-state index contributed by atoms with van der Waals surface area (Å²) in [6, 6.07) is 3.62. The molecule has 0 unspecified atom stereocenters. The van der Waals surface area contributed by atoms with Crippen LogP contribution >= 0.6 is 11.6 Å². The van der Waals surface area contributed by atoms with Gasteiger partial charge in [-0.2, -0.15) is 5.26 Å². The minimum Gasteiger partial charge on any atom is -0.263 e. The van der Waals surface area contributed by atoms with Crippen molar-refractivity contribution in [3.63, 3.8) is 0 Å². The van der Waals surface area contributed by atoms with Gasteiger partial charge in [0.25, 0.3) is 0 Å². The first kappa shape index (κ1) is 7.77. The predicted octanol–water partition coefficient (Wildman–Crippen LogP) is 2.27. The monoisotopic (exact) mass is 164 g/mol. The van der Waals surface area contributed by atoms with Gasteiger partial charge in [0.15, 0.2) is 0 Å². The molecule has 0 bridgehead atoms. The zero-order valence-corrected chi connectivity index (χ0v) is 6.42. The second kappa shape index (κ2) is 3.75. The first-order chi connectivity index (χ1) is 5.33. The van der Waals surface area contributed by atoms with Gasteiger partial charge >= 0.3 is 0 Å². The van der Waals surface area contributed by atoms with E-state index in [0.29, 0.717) is 5.02 Å². The molecule has 1 rings (SSSR count). The molecule has 11 heavy (non-hydrogen) atoms. The van der Waals surface area contributed by atoms with Crippen molar-refractivity contribution < 1.29 is 0 Å². The maximum absolute atomic E-state index is 8.21. The lowest BCUT2D eigenvalue weighted by molar-refractivity contribution is 1.32. The highest BCUT2D eigenvalue weighted by Crippen LogP contribution is 2.09. The molecular weight excluding hydrogens is 160 g/mol. The number of nitriles is 1. The molecule has 54 valence electrons. The van der Waals surface area contributed by atoms with E-state index in [-0.39, 0.29) is 0 Å². The molecular formula is C8H5ClN2. The summed E-state index contributed by atoms with van der Waals surface area (Å²) < 4.78 is 0. The lowest BCUT2D eigenvalue weighted by Crippen LogP contribution is -1.74. The molecule has 0 aliphatic heterocycles. The van der Waals surface area contributed by atoms with Crippen molar-refractivity contribution in [3.8, 4) is 6.07 Å². The summed E-state index contributed by atoms with van der Waals surface area (Å²) in [5.41, 5.74) is 0.832. The largest absolute Gasteiger partial charge is 0.263 e. The van der Waals surface area contributed by atoms with E-state index in [1.165, 1.54) is 6.08 Å². The zero-order valence-electron chi connectivity index (χ0n) is 5.66. The minimum absolute atomic E-state index is 0.574. The van der Waals surface area contributed by atoms with Crippen LogP contribution in [0, 0.1) is 11.3 Å². The number of hydrogen-bond acceptors (Lipinski definition) is 2.